The van der Waals surface area contributed by atoms with Gasteiger partial charge in [0.25, 0.3) is 0 Å². The van der Waals surface area contributed by atoms with Crippen LogP contribution in [0.5, 0.6) is 0 Å². The van der Waals surface area contributed by atoms with Gasteiger partial charge in [0.2, 0.25) is 0 Å². The number of aromatic nitrogens is 1. The summed E-state index contributed by atoms with van der Waals surface area (Å²) in [5, 5.41) is 0. The first-order valence-electron chi connectivity index (χ1n) is 14.0. The molecule has 0 saturated heterocycles. The van der Waals surface area contributed by atoms with Crippen LogP contribution in [0.3, 0.4) is 0 Å². The summed E-state index contributed by atoms with van der Waals surface area (Å²) in [7, 11) is 0. The summed E-state index contributed by atoms with van der Waals surface area (Å²) in [6.07, 6.45) is 18.6. The quantitative estimate of drug-likeness (QED) is 0.221. The van der Waals surface area contributed by atoms with Crippen LogP contribution in [0.15, 0.2) is 69.1 Å². The Morgan fingerprint density at radius 2 is 1.40 bits per heavy atom. The Morgan fingerprint density at radius 3 is 1.88 bits per heavy atom. The Bertz CT molecular complexity index is 1130. The molecule has 0 amide bonds. The SMILES string of the molecule is CC[C-]=C(CC)/C([NH-])=C(\CC)c1[nH]c(C=C2C=CC(C=C3C=CC([CH]=[Co])=N3)=N2)cc1CC.[CH2-]C.[CH2-]C.[CH2-]C.[CH2-]C. The number of allylic oxidation sites excluding steroid dienone is 8. The molecule has 0 bridgehead atoms. The van der Waals surface area contributed by atoms with Crippen molar-refractivity contribution in [1.29, 1.82) is 0 Å². The number of hydrogen-bond donors (Lipinski definition) is 1. The van der Waals surface area contributed by atoms with Crippen molar-refractivity contribution in [2.45, 2.75) is 81.1 Å². The fourth-order valence-electron chi connectivity index (χ4n) is 3.80. The zero-order chi connectivity index (χ0) is 31.1. The number of nitrogens with zero attached hydrogens (tertiary/aromatic N) is 2. The number of hydrogen-bond acceptors (Lipinski definition) is 2. The Morgan fingerprint density at radius 1 is 0.850 bits per heavy atom. The zero-order valence-corrected chi connectivity index (χ0v) is 27.0. The van der Waals surface area contributed by atoms with E-state index in [4.69, 9.17) is 10.7 Å². The van der Waals surface area contributed by atoms with Crippen molar-refractivity contribution >= 4 is 28.0 Å². The van der Waals surface area contributed by atoms with Crippen molar-refractivity contribution in [2.24, 2.45) is 9.98 Å². The van der Waals surface area contributed by atoms with Gasteiger partial charge in [-0.2, -0.15) is 27.7 Å². The fraction of sp³-hybridized carbons (Fsp3) is 0.343. The van der Waals surface area contributed by atoms with E-state index < -0.39 is 0 Å². The van der Waals surface area contributed by atoms with Gasteiger partial charge < -0.3 is 39.1 Å². The van der Waals surface area contributed by atoms with Gasteiger partial charge in [0.15, 0.2) is 0 Å². The summed E-state index contributed by atoms with van der Waals surface area (Å²) < 4.78 is 0. The van der Waals surface area contributed by atoms with Crippen LogP contribution in [0.2, 0.25) is 0 Å². The molecule has 1 aromatic rings. The van der Waals surface area contributed by atoms with Gasteiger partial charge in [-0.1, -0.05) is 34.1 Å². The third-order valence-electron chi connectivity index (χ3n) is 5.37. The molecular weight excluding hydrogens is 535 g/mol. The summed E-state index contributed by atoms with van der Waals surface area (Å²) in [5.74, 6) is 0. The van der Waals surface area contributed by atoms with E-state index in [1.807, 2.05) is 30.4 Å². The molecule has 0 atom stereocenters. The predicted octanol–water partition coefficient (Wildman–Crippen LogP) is 10.3. The molecule has 0 unspecified atom stereocenters. The third-order valence-corrected chi connectivity index (χ3v) is 5.68. The first-order chi connectivity index (χ1) is 19.5. The molecule has 0 aliphatic carbocycles. The summed E-state index contributed by atoms with van der Waals surface area (Å²) in [4.78, 5) is 14.4. The molecule has 1 aromatic heterocycles. The number of H-pyrrole nitrogens is 1. The van der Waals surface area contributed by atoms with Crippen LogP contribution in [0.1, 0.15) is 91.6 Å². The topological polar surface area (TPSA) is 64.3 Å². The van der Waals surface area contributed by atoms with Crippen LogP contribution in [0.4, 0.5) is 0 Å². The molecule has 0 aromatic carbocycles. The number of aromatic amines is 1. The van der Waals surface area contributed by atoms with E-state index in [1.165, 1.54) is 5.56 Å². The van der Waals surface area contributed by atoms with Gasteiger partial charge in [-0.25, -0.2) is 5.57 Å². The van der Waals surface area contributed by atoms with Crippen molar-refractivity contribution in [3.8, 4) is 0 Å². The second kappa shape index (κ2) is 24.1. The number of rotatable bonds is 9. The van der Waals surface area contributed by atoms with E-state index >= 15 is 0 Å². The molecule has 2 aliphatic heterocycles. The van der Waals surface area contributed by atoms with Crippen LogP contribution in [0, 0.1) is 33.8 Å². The maximum atomic E-state index is 8.78. The van der Waals surface area contributed by atoms with E-state index in [9.17, 15) is 0 Å². The van der Waals surface area contributed by atoms with Crippen LogP contribution in [-0.2, 0) is 21.7 Å². The maximum absolute atomic E-state index is 8.78. The first kappa shape index (κ1) is 39.4. The van der Waals surface area contributed by atoms with Crippen molar-refractivity contribution in [3.05, 3.63) is 116 Å². The van der Waals surface area contributed by atoms with E-state index in [0.717, 1.165) is 71.0 Å². The van der Waals surface area contributed by atoms with Crippen LogP contribution in [-0.4, -0.2) is 21.4 Å². The monoisotopic (exact) mass is 585 g/mol. The summed E-state index contributed by atoms with van der Waals surface area (Å²) in [6.45, 7) is 28.4. The Labute approximate surface area is 254 Å². The second-order valence-corrected chi connectivity index (χ2v) is 7.82. The van der Waals surface area contributed by atoms with Crippen LogP contribution < -0.4 is 0 Å². The van der Waals surface area contributed by atoms with Crippen LogP contribution in [0.25, 0.3) is 17.4 Å². The van der Waals surface area contributed by atoms with Gasteiger partial charge in [-0.05, 0) is 12.8 Å². The molecule has 0 saturated carbocycles. The molecule has 3 heterocycles. The molecule has 2 N–H and O–H groups in total. The third kappa shape index (κ3) is 12.2. The van der Waals surface area contributed by atoms with Gasteiger partial charge in [0.1, 0.15) is 0 Å². The summed E-state index contributed by atoms with van der Waals surface area (Å²) in [5.41, 5.74) is 18.2. The molecule has 40 heavy (non-hydrogen) atoms. The average Bonchev–Trinajstić information content (AvgIpc) is 3.77. The van der Waals surface area contributed by atoms with Gasteiger partial charge >= 0.3 is 118 Å². The van der Waals surface area contributed by atoms with E-state index in [0.29, 0.717) is 5.70 Å². The van der Waals surface area contributed by atoms with E-state index in [-0.39, 0.29) is 0 Å². The number of aryl methyl sites for hydroxylation is 1. The molecule has 0 fully saturated rings. The van der Waals surface area contributed by atoms with Gasteiger partial charge in [-0.3, -0.25) is 6.08 Å². The minimum Gasteiger partial charge on any atom is -0.346 e. The van der Waals surface area contributed by atoms with Crippen LogP contribution >= 0.6 is 0 Å². The second-order valence-electron chi connectivity index (χ2n) is 7.52. The first-order valence-corrected chi connectivity index (χ1v) is 14.6. The van der Waals surface area contributed by atoms with Gasteiger partial charge in [0.05, 0.1) is 0 Å². The van der Waals surface area contributed by atoms with Crippen molar-refractivity contribution in [2.75, 3.05) is 0 Å². The number of aliphatic imine (C=N–C) groups is 2. The normalized spacial score (nSPS) is 15.9. The molecule has 0 spiro atoms. The Hall–Kier alpha value is -2.76. The predicted molar refractivity (Wildman–Crippen MR) is 178 cm³/mol. The molecule has 0 radical (unpaired) electrons. The van der Waals surface area contributed by atoms with Crippen molar-refractivity contribution < 1.29 is 15.3 Å². The fourth-order valence-corrected chi connectivity index (χ4v) is 3.97. The number of nitrogens with one attached hydrogen (secondary N) is 2. The molecular formula is C35H50CoN4-6. The van der Waals surface area contributed by atoms with Crippen molar-refractivity contribution in [1.82, 2.24) is 4.98 Å². The zero-order valence-electron chi connectivity index (χ0n) is 26.0. The molecule has 5 heteroatoms. The Balaban J connectivity index is 0. The standard InChI is InChI=1S/C27H30N4.4C2H5.Co/c1-6-10-19(7-2)26(28)25(9-4)27-20(8-3)15-24(31-27)17-23-14-13-22(30-23)16-21-12-11-18(5)29-21;4*1-2;/h5,11-17,28,31H,6-9H2,1-4H3;4*1H2,2H3;/q-2;4*-1;/b21-16?,23-17?,26-25-;;;;;. The molecule has 225 valence electrons. The minimum atomic E-state index is 0.600. The van der Waals surface area contributed by atoms with E-state index in [1.54, 1.807) is 32.7 Å². The minimum absolute atomic E-state index is 0.600. The molecule has 2 aliphatic rings. The Kier molecular flexibility index (Phi) is 23.7. The van der Waals surface area contributed by atoms with Gasteiger partial charge in [0, 0.05) is 0 Å². The smallest absolute Gasteiger partial charge is 0.346 e. The van der Waals surface area contributed by atoms with E-state index in [2.05, 4.69) is 98.9 Å². The molecule has 3 rings (SSSR count). The average molecular weight is 586 g/mol. The van der Waals surface area contributed by atoms with Crippen molar-refractivity contribution in [3.63, 3.8) is 0 Å². The summed E-state index contributed by atoms with van der Waals surface area (Å²) in [6, 6.07) is 2.17. The van der Waals surface area contributed by atoms with Gasteiger partial charge in [-0.15, -0.1) is 12.0 Å². The summed E-state index contributed by atoms with van der Waals surface area (Å²) >= 11 is 4.19. The molecule has 4 nitrogen and oxygen atoms in total.